The molecule has 2 unspecified atom stereocenters. The average Bonchev–Trinajstić information content (AvgIpc) is 3.52. The Morgan fingerprint density at radius 3 is 2.53 bits per heavy atom. The number of carboxylic acids is 1. The van der Waals surface area contributed by atoms with Gasteiger partial charge in [-0.3, -0.25) is 4.79 Å². The molecule has 1 saturated carbocycles. The van der Waals surface area contributed by atoms with Crippen molar-refractivity contribution in [3.63, 3.8) is 0 Å². The second-order valence-electron chi connectivity index (χ2n) is 8.69. The normalized spacial score (nSPS) is 22.0. The summed E-state index contributed by atoms with van der Waals surface area (Å²) in [7, 11) is 5.59. The minimum Gasteiger partial charge on any atom is -0.492 e. The number of rotatable bonds is 5. The number of hydrogen-bond acceptors (Lipinski definition) is 5. The first-order valence-electron chi connectivity index (χ1n) is 10.3. The van der Waals surface area contributed by atoms with Gasteiger partial charge in [0.2, 0.25) is 5.43 Å². The van der Waals surface area contributed by atoms with Gasteiger partial charge in [0.25, 0.3) is 0 Å². The van der Waals surface area contributed by atoms with Crippen molar-refractivity contribution in [3.8, 4) is 5.75 Å². The summed E-state index contributed by atoms with van der Waals surface area (Å²) in [5.74, 6) is -1.23. The third-order valence-electron chi connectivity index (χ3n) is 6.41. The molecule has 1 aromatic carbocycles. The minimum absolute atomic E-state index is 0.0520. The third-order valence-corrected chi connectivity index (χ3v) is 6.41. The van der Waals surface area contributed by atoms with E-state index in [4.69, 9.17) is 4.74 Å². The summed E-state index contributed by atoms with van der Waals surface area (Å²) >= 11 is 0. The first-order chi connectivity index (χ1) is 14.2. The van der Waals surface area contributed by atoms with E-state index in [2.05, 4.69) is 25.9 Å². The number of aromatic nitrogens is 1. The minimum atomic E-state index is -1.31. The maximum Gasteiger partial charge on any atom is 0.341 e. The number of ether oxygens (including phenoxy) is 1. The van der Waals surface area contributed by atoms with Gasteiger partial charge in [-0.15, -0.1) is 0 Å². The van der Waals surface area contributed by atoms with Crippen molar-refractivity contribution in [1.29, 1.82) is 0 Å². The summed E-state index contributed by atoms with van der Waals surface area (Å²) in [4.78, 5) is 28.6. The quantitative estimate of drug-likeness (QED) is 0.806. The van der Waals surface area contributed by atoms with E-state index in [-0.39, 0.29) is 17.0 Å². The van der Waals surface area contributed by atoms with E-state index in [0.29, 0.717) is 42.0 Å². The Balaban J connectivity index is 1.91. The lowest BCUT2D eigenvalue weighted by atomic mass is 9.92. The number of piperidine rings is 1. The molecule has 1 aromatic heterocycles. The Morgan fingerprint density at radius 1 is 1.30 bits per heavy atom. The van der Waals surface area contributed by atoms with E-state index in [1.54, 1.807) is 4.57 Å². The lowest BCUT2D eigenvalue weighted by Gasteiger charge is -2.41. The van der Waals surface area contributed by atoms with Crippen molar-refractivity contribution in [1.82, 2.24) is 9.47 Å². The van der Waals surface area contributed by atoms with Crippen LogP contribution in [0.5, 0.6) is 5.75 Å². The van der Waals surface area contributed by atoms with Crippen LogP contribution in [0, 0.1) is 11.7 Å². The fourth-order valence-electron chi connectivity index (χ4n) is 4.83. The molecule has 7 nitrogen and oxygen atoms in total. The molecule has 2 heterocycles. The lowest BCUT2D eigenvalue weighted by molar-refractivity contribution is 0.0695. The molecule has 1 aliphatic heterocycles. The van der Waals surface area contributed by atoms with Gasteiger partial charge in [0, 0.05) is 31.4 Å². The summed E-state index contributed by atoms with van der Waals surface area (Å²) in [6, 6.07) is 1.69. The van der Waals surface area contributed by atoms with E-state index in [9.17, 15) is 14.7 Å². The highest BCUT2D eigenvalue weighted by atomic mass is 19.1. The second-order valence-corrected chi connectivity index (χ2v) is 8.69. The van der Waals surface area contributed by atoms with Crippen LogP contribution in [0.1, 0.15) is 42.6 Å². The van der Waals surface area contributed by atoms with Gasteiger partial charge in [-0.1, -0.05) is 6.92 Å². The number of anilines is 1. The van der Waals surface area contributed by atoms with Crippen molar-refractivity contribution in [2.45, 2.75) is 38.3 Å². The van der Waals surface area contributed by atoms with Gasteiger partial charge >= 0.3 is 5.97 Å². The molecule has 1 saturated heterocycles. The molecule has 4 rings (SSSR count). The maximum atomic E-state index is 15.4. The SMILES string of the molecule is COc1c(N2CCC(N(C)C)C(C)C2)c(F)cc2c(=O)c(C(=O)O)cn(C3CC3)c12. The third kappa shape index (κ3) is 3.33. The highest BCUT2D eigenvalue weighted by molar-refractivity contribution is 5.97. The van der Waals surface area contributed by atoms with Crippen LogP contribution in [0.4, 0.5) is 10.1 Å². The predicted molar refractivity (Wildman–Crippen MR) is 113 cm³/mol. The Bertz CT molecular complexity index is 1060. The van der Waals surface area contributed by atoms with Gasteiger partial charge in [-0.05, 0) is 45.3 Å². The van der Waals surface area contributed by atoms with Crippen LogP contribution in [-0.4, -0.2) is 60.9 Å². The van der Waals surface area contributed by atoms with Gasteiger partial charge in [0.1, 0.15) is 11.3 Å². The average molecular weight is 417 g/mol. The number of nitrogens with zero attached hydrogens (tertiary/aromatic N) is 3. The fraction of sp³-hybridized carbons (Fsp3) is 0.545. The summed E-state index contributed by atoms with van der Waals surface area (Å²) in [5.41, 5.74) is -0.193. The number of halogens is 1. The summed E-state index contributed by atoms with van der Waals surface area (Å²) < 4.78 is 22.8. The van der Waals surface area contributed by atoms with Gasteiger partial charge in [0.05, 0.1) is 18.0 Å². The van der Waals surface area contributed by atoms with Crippen molar-refractivity contribution in [2.75, 3.05) is 39.2 Å². The van der Waals surface area contributed by atoms with Crippen LogP contribution in [0.3, 0.4) is 0 Å². The van der Waals surface area contributed by atoms with Crippen molar-refractivity contribution in [2.24, 2.45) is 5.92 Å². The van der Waals surface area contributed by atoms with E-state index < -0.39 is 17.2 Å². The molecular weight excluding hydrogens is 389 g/mol. The van der Waals surface area contributed by atoms with Crippen LogP contribution in [-0.2, 0) is 0 Å². The van der Waals surface area contributed by atoms with E-state index in [0.717, 1.165) is 19.3 Å². The molecule has 0 spiro atoms. The Labute approximate surface area is 174 Å². The van der Waals surface area contributed by atoms with Gasteiger partial charge < -0.3 is 24.2 Å². The molecule has 30 heavy (non-hydrogen) atoms. The van der Waals surface area contributed by atoms with E-state index >= 15 is 4.39 Å². The number of pyridine rings is 1. The molecule has 1 aliphatic carbocycles. The fourth-order valence-corrected chi connectivity index (χ4v) is 4.83. The number of aromatic carboxylic acids is 1. The van der Waals surface area contributed by atoms with Crippen molar-refractivity contribution in [3.05, 3.63) is 33.9 Å². The molecule has 0 amide bonds. The smallest absolute Gasteiger partial charge is 0.341 e. The zero-order valence-corrected chi connectivity index (χ0v) is 17.8. The summed E-state index contributed by atoms with van der Waals surface area (Å²) in [6.45, 7) is 3.50. The van der Waals surface area contributed by atoms with Gasteiger partial charge in [-0.2, -0.15) is 0 Å². The highest BCUT2D eigenvalue weighted by Gasteiger charge is 2.34. The van der Waals surface area contributed by atoms with Crippen molar-refractivity contribution >= 4 is 22.6 Å². The first-order valence-corrected chi connectivity index (χ1v) is 10.3. The Morgan fingerprint density at radius 2 is 2.00 bits per heavy atom. The topological polar surface area (TPSA) is 75.0 Å². The van der Waals surface area contributed by atoms with Crippen LogP contribution in [0.2, 0.25) is 0 Å². The first kappa shape index (κ1) is 20.7. The van der Waals surface area contributed by atoms with Crippen LogP contribution < -0.4 is 15.1 Å². The molecular formula is C22H28FN3O4. The number of carbonyl (C=O) groups is 1. The molecule has 0 bridgehead atoms. The number of carboxylic acid groups (broad SMARTS) is 1. The molecule has 1 N–H and O–H groups in total. The summed E-state index contributed by atoms with van der Waals surface area (Å²) in [5, 5.41) is 9.51. The molecule has 2 fully saturated rings. The standard InChI is InChI=1S/C22H28FN3O4/c1-12-10-25(8-7-17(12)24(2)3)19-16(23)9-14-18(21(19)30-4)26(13-5-6-13)11-15(20(14)27)22(28)29/h9,11-13,17H,5-8,10H2,1-4H3,(H,28,29). The number of methoxy groups -OCH3 is 1. The lowest BCUT2D eigenvalue weighted by Crippen LogP contribution is -2.48. The largest absolute Gasteiger partial charge is 0.492 e. The number of hydrogen-bond donors (Lipinski definition) is 1. The van der Waals surface area contributed by atoms with Crippen molar-refractivity contribution < 1.29 is 19.0 Å². The van der Waals surface area contributed by atoms with E-state index in [1.807, 2.05) is 4.90 Å². The molecule has 2 aromatic rings. The summed E-state index contributed by atoms with van der Waals surface area (Å²) in [6.07, 6.45) is 4.05. The Hall–Kier alpha value is -2.61. The zero-order valence-electron chi connectivity index (χ0n) is 17.8. The number of fused-ring (bicyclic) bond motifs is 1. The molecule has 162 valence electrons. The molecule has 2 aliphatic rings. The molecule has 0 radical (unpaired) electrons. The van der Waals surface area contributed by atoms with Gasteiger partial charge in [-0.25, -0.2) is 9.18 Å². The highest BCUT2D eigenvalue weighted by Crippen LogP contribution is 2.44. The van der Waals surface area contributed by atoms with Crippen LogP contribution in [0.15, 0.2) is 17.1 Å². The zero-order chi connectivity index (χ0) is 21.7. The number of benzene rings is 1. The maximum absolute atomic E-state index is 15.4. The Kier molecular flexibility index (Phi) is 5.22. The van der Waals surface area contributed by atoms with Gasteiger partial charge in [0.15, 0.2) is 11.6 Å². The van der Waals surface area contributed by atoms with Crippen LogP contribution in [0.25, 0.3) is 10.9 Å². The molecule has 2 atom stereocenters. The monoisotopic (exact) mass is 417 g/mol. The molecule has 8 heteroatoms. The van der Waals surface area contributed by atoms with E-state index in [1.165, 1.54) is 19.4 Å². The second kappa shape index (κ2) is 7.58. The van der Waals surface area contributed by atoms with Crippen LogP contribution >= 0.6 is 0 Å². The predicted octanol–water partition coefficient (Wildman–Crippen LogP) is 2.96.